The Bertz CT molecular complexity index is 1190. The van der Waals surface area contributed by atoms with Crippen molar-refractivity contribution in [1.82, 2.24) is 4.90 Å². The van der Waals surface area contributed by atoms with Gasteiger partial charge in [-0.15, -0.1) is 0 Å². The number of hydrogen-bond acceptors (Lipinski definition) is 9. The molecule has 0 aliphatic heterocycles. The van der Waals surface area contributed by atoms with E-state index in [1.165, 1.54) is 31.1 Å². The normalized spacial score (nSPS) is 33.7. The zero-order chi connectivity index (χ0) is 24.7. The van der Waals surface area contributed by atoms with Crippen LogP contribution in [-0.2, 0) is 14.4 Å². The van der Waals surface area contributed by atoms with Crippen LogP contribution in [0.25, 0.3) is 5.76 Å². The van der Waals surface area contributed by atoms with Gasteiger partial charge in [-0.3, -0.25) is 19.3 Å². The molecule has 1 aromatic carbocycles. The van der Waals surface area contributed by atoms with E-state index >= 15 is 0 Å². The van der Waals surface area contributed by atoms with E-state index in [0.29, 0.717) is 0 Å². The van der Waals surface area contributed by atoms with Gasteiger partial charge in [0, 0.05) is 16.5 Å². The Morgan fingerprint density at radius 3 is 2.33 bits per heavy atom. The van der Waals surface area contributed by atoms with Crippen molar-refractivity contribution < 1.29 is 39.9 Å². The number of primary amides is 1. The van der Waals surface area contributed by atoms with Crippen LogP contribution >= 0.6 is 11.6 Å². The molecule has 7 N–H and O–H groups in total. The molecule has 0 bridgehead atoms. The van der Waals surface area contributed by atoms with Gasteiger partial charge in [0.1, 0.15) is 22.8 Å². The number of benzene rings is 1. The van der Waals surface area contributed by atoms with Gasteiger partial charge in [-0.2, -0.15) is 0 Å². The number of ketones is 2. The fraction of sp³-hybridized carbons (Fsp3) is 0.409. The molecule has 33 heavy (non-hydrogen) atoms. The number of hydrogen-bond donors (Lipinski definition) is 6. The molecule has 1 saturated carbocycles. The molecule has 3 aliphatic carbocycles. The molecular weight excluding hydrogens is 456 g/mol. The van der Waals surface area contributed by atoms with Gasteiger partial charge < -0.3 is 31.3 Å². The molecule has 0 aromatic heterocycles. The number of phenolic OH excluding ortho intramolecular Hbond substituents is 1. The quantitative estimate of drug-likeness (QED) is 0.322. The van der Waals surface area contributed by atoms with Crippen molar-refractivity contribution in [2.75, 3.05) is 14.1 Å². The smallest absolute Gasteiger partial charge is 0.255 e. The lowest BCUT2D eigenvalue weighted by Crippen LogP contribution is -2.70. The summed E-state index contributed by atoms with van der Waals surface area (Å²) in [6, 6.07) is 1.22. The zero-order valence-corrected chi connectivity index (χ0v) is 18.7. The predicted octanol–water partition coefficient (Wildman–Crippen LogP) is 0.149. The van der Waals surface area contributed by atoms with Crippen LogP contribution in [0.2, 0.25) is 5.02 Å². The second-order valence-electron chi connectivity index (χ2n) is 8.90. The van der Waals surface area contributed by atoms with Crippen molar-refractivity contribution in [1.29, 1.82) is 0 Å². The Kier molecular flexibility index (Phi) is 5.14. The van der Waals surface area contributed by atoms with E-state index < -0.39 is 75.6 Å². The Morgan fingerprint density at radius 2 is 1.79 bits per heavy atom. The molecule has 1 fully saturated rings. The molecule has 0 unspecified atom stereocenters. The van der Waals surface area contributed by atoms with Crippen molar-refractivity contribution in [2.24, 2.45) is 17.6 Å². The molecule has 3 aliphatic rings. The number of rotatable bonds is 2. The number of aliphatic hydroxyl groups is 4. The van der Waals surface area contributed by atoms with Crippen LogP contribution < -0.4 is 5.73 Å². The summed E-state index contributed by atoms with van der Waals surface area (Å²) in [5.74, 6) is -9.40. The lowest BCUT2D eigenvalue weighted by Gasteiger charge is -2.53. The summed E-state index contributed by atoms with van der Waals surface area (Å²) in [5, 5.41) is 55.3. The summed E-state index contributed by atoms with van der Waals surface area (Å²) >= 11 is 6.31. The summed E-state index contributed by atoms with van der Waals surface area (Å²) in [6.07, 6.45) is -1.65. The molecule has 176 valence electrons. The number of carbonyl (C=O) groups is 3. The third-order valence-electron chi connectivity index (χ3n) is 7.05. The molecule has 1 amide bonds. The van der Waals surface area contributed by atoms with Crippen molar-refractivity contribution in [3.63, 3.8) is 0 Å². The number of halogens is 1. The van der Waals surface area contributed by atoms with Gasteiger partial charge in [0.2, 0.25) is 5.78 Å². The number of aromatic hydroxyl groups is 1. The fourth-order valence-corrected chi connectivity index (χ4v) is 5.97. The highest BCUT2D eigenvalue weighted by atomic mass is 35.5. The summed E-state index contributed by atoms with van der Waals surface area (Å²) < 4.78 is 0. The highest BCUT2D eigenvalue weighted by Crippen LogP contribution is 2.57. The first-order valence-electron chi connectivity index (χ1n) is 10.1. The molecule has 11 heteroatoms. The maximum Gasteiger partial charge on any atom is 0.255 e. The highest BCUT2D eigenvalue weighted by molar-refractivity contribution is 6.32. The SMILES string of the molecule is C[C@@H]1c2c(Cl)ccc(O)c2C(O)=C2C(=O)[C@@]3(O)C(O)=C(C(N)=O)C(=O)[C@H](N(C)C)[C@H]3[C@H](O)[C@H]21. The zero-order valence-electron chi connectivity index (χ0n) is 17.9. The molecule has 0 spiro atoms. The topological polar surface area (TPSA) is 182 Å². The van der Waals surface area contributed by atoms with Crippen molar-refractivity contribution in [3.8, 4) is 5.75 Å². The van der Waals surface area contributed by atoms with Crippen LogP contribution in [0.5, 0.6) is 5.75 Å². The van der Waals surface area contributed by atoms with Gasteiger partial charge in [0.15, 0.2) is 11.4 Å². The minimum absolute atomic E-state index is 0.140. The number of Topliss-reactive ketones (excluding diaryl/α,β-unsaturated/α-hetero) is 2. The number of amides is 1. The largest absolute Gasteiger partial charge is 0.508 e. The van der Waals surface area contributed by atoms with E-state index in [2.05, 4.69) is 0 Å². The predicted molar refractivity (Wildman–Crippen MR) is 115 cm³/mol. The van der Waals surface area contributed by atoms with Crippen LogP contribution in [0.3, 0.4) is 0 Å². The Hall–Kier alpha value is -2.92. The van der Waals surface area contributed by atoms with Crippen molar-refractivity contribution in [2.45, 2.75) is 30.6 Å². The van der Waals surface area contributed by atoms with E-state index in [4.69, 9.17) is 17.3 Å². The number of aliphatic hydroxyl groups excluding tert-OH is 3. The number of fused-ring (bicyclic) bond motifs is 3. The standard InChI is InChI=1S/C22H23ClN2O8/c1-6-9-7(23)4-5-8(26)11(9)16(27)12-10(6)17(28)14-15(25(2)3)18(29)13(21(24)32)20(31)22(14,33)19(12)30/h4-6,10,14-15,17,26-28,31,33H,1-3H3,(H2,24,32)/t6-,10+,14+,15-,17-,22-/m1/s1. The van der Waals surface area contributed by atoms with Gasteiger partial charge in [-0.1, -0.05) is 18.5 Å². The summed E-state index contributed by atoms with van der Waals surface area (Å²) in [7, 11) is 2.89. The fourth-order valence-electron chi connectivity index (χ4n) is 5.64. The van der Waals surface area contributed by atoms with Crippen molar-refractivity contribution in [3.05, 3.63) is 45.2 Å². The number of carbonyl (C=O) groups excluding carboxylic acids is 3. The van der Waals surface area contributed by atoms with Crippen molar-refractivity contribution >= 4 is 34.8 Å². The maximum atomic E-state index is 13.7. The van der Waals surface area contributed by atoms with Gasteiger partial charge in [-0.05, 0) is 37.7 Å². The first kappa shape index (κ1) is 23.2. The first-order chi connectivity index (χ1) is 15.3. The van der Waals surface area contributed by atoms with Gasteiger partial charge in [-0.25, -0.2) is 0 Å². The van der Waals surface area contributed by atoms with Gasteiger partial charge in [0.25, 0.3) is 5.91 Å². The van der Waals surface area contributed by atoms with Crippen LogP contribution in [0, 0.1) is 11.8 Å². The molecule has 1 aromatic rings. The van der Waals surface area contributed by atoms with Gasteiger partial charge in [0.05, 0.1) is 23.6 Å². The molecule has 0 heterocycles. The van der Waals surface area contributed by atoms with E-state index in [1.807, 2.05) is 0 Å². The maximum absolute atomic E-state index is 13.7. The lowest BCUT2D eigenvalue weighted by molar-refractivity contribution is -0.169. The second kappa shape index (κ2) is 7.29. The van der Waals surface area contributed by atoms with Crippen LogP contribution in [0.1, 0.15) is 24.0 Å². The number of likely N-dealkylation sites (N-methyl/N-ethyl adjacent to an activating group) is 1. The molecular formula is C22H23ClN2O8. The highest BCUT2D eigenvalue weighted by Gasteiger charge is 2.68. The minimum Gasteiger partial charge on any atom is -0.508 e. The molecule has 10 nitrogen and oxygen atoms in total. The molecule has 4 rings (SSSR count). The van der Waals surface area contributed by atoms with E-state index in [-0.39, 0.29) is 21.9 Å². The molecule has 6 atom stereocenters. The average molecular weight is 479 g/mol. The summed E-state index contributed by atoms with van der Waals surface area (Å²) in [5.41, 5.74) is 1.05. The van der Waals surface area contributed by atoms with Crippen LogP contribution in [0.15, 0.2) is 29.0 Å². The third-order valence-corrected chi connectivity index (χ3v) is 7.38. The number of phenols is 1. The Balaban J connectivity index is 2.08. The van der Waals surface area contributed by atoms with Crippen LogP contribution in [0.4, 0.5) is 0 Å². The molecule has 0 radical (unpaired) electrons. The second-order valence-corrected chi connectivity index (χ2v) is 9.31. The number of nitrogens with two attached hydrogens (primary N) is 1. The Labute approximate surface area is 193 Å². The van der Waals surface area contributed by atoms with Gasteiger partial charge >= 0.3 is 0 Å². The number of nitrogens with zero attached hydrogens (tertiary/aromatic N) is 1. The average Bonchev–Trinajstić information content (AvgIpc) is 2.72. The van der Waals surface area contributed by atoms with E-state index in [1.54, 1.807) is 6.92 Å². The summed E-state index contributed by atoms with van der Waals surface area (Å²) in [4.78, 5) is 40.0. The third kappa shape index (κ3) is 2.75. The summed E-state index contributed by atoms with van der Waals surface area (Å²) in [6.45, 7) is 1.61. The Morgan fingerprint density at radius 1 is 1.18 bits per heavy atom. The lowest BCUT2D eigenvalue weighted by atomic mass is 9.54. The molecule has 0 saturated heterocycles. The first-order valence-corrected chi connectivity index (χ1v) is 10.5. The van der Waals surface area contributed by atoms with E-state index in [0.717, 1.165) is 0 Å². The minimum atomic E-state index is -2.93. The monoisotopic (exact) mass is 478 g/mol. The van der Waals surface area contributed by atoms with E-state index in [9.17, 15) is 39.9 Å². The van der Waals surface area contributed by atoms with Crippen LogP contribution in [-0.4, -0.2) is 79.7 Å².